The van der Waals surface area contributed by atoms with Crippen LogP contribution in [0, 0.1) is 11.6 Å². The highest BCUT2D eigenvalue weighted by Crippen LogP contribution is 2.24. The van der Waals surface area contributed by atoms with E-state index in [1.54, 1.807) is 12.1 Å². The second-order valence-corrected chi connectivity index (χ2v) is 5.94. The van der Waals surface area contributed by atoms with Crippen LogP contribution in [0.2, 0.25) is 0 Å². The number of benzene rings is 2. The summed E-state index contributed by atoms with van der Waals surface area (Å²) in [5.41, 5.74) is 2.47. The minimum absolute atomic E-state index is 0.179. The monoisotopic (exact) mass is 344 g/mol. The molecule has 0 unspecified atom stereocenters. The normalized spacial score (nSPS) is 14.9. The number of carbonyl (C=O) groups is 1. The number of anilines is 1. The van der Waals surface area contributed by atoms with Crippen molar-refractivity contribution in [2.24, 2.45) is 0 Å². The van der Waals surface area contributed by atoms with E-state index in [0.717, 1.165) is 30.7 Å². The molecule has 0 bridgehead atoms. The van der Waals surface area contributed by atoms with Crippen LogP contribution in [0.5, 0.6) is 5.75 Å². The third-order valence-corrected chi connectivity index (χ3v) is 4.10. The molecule has 2 N–H and O–H groups in total. The molecule has 0 aromatic heterocycles. The molecule has 130 valence electrons. The Kier molecular flexibility index (Phi) is 5.09. The van der Waals surface area contributed by atoms with Crippen molar-refractivity contribution in [2.75, 3.05) is 25.0 Å². The molecule has 0 saturated heterocycles. The summed E-state index contributed by atoms with van der Waals surface area (Å²) in [5, 5.41) is 11.9. The molecular formula is C19H18F2N2O2. The summed E-state index contributed by atoms with van der Waals surface area (Å²) < 4.78 is 26.0. The van der Waals surface area contributed by atoms with E-state index in [4.69, 9.17) is 0 Å². The Morgan fingerprint density at radius 3 is 2.52 bits per heavy atom. The van der Waals surface area contributed by atoms with E-state index in [2.05, 4.69) is 11.4 Å². The maximum Gasteiger partial charge on any atom is 0.238 e. The first-order valence-corrected chi connectivity index (χ1v) is 7.97. The Balaban J connectivity index is 1.55. The minimum Gasteiger partial charge on any atom is -0.508 e. The molecule has 1 heterocycles. The highest BCUT2D eigenvalue weighted by atomic mass is 19.2. The van der Waals surface area contributed by atoms with Gasteiger partial charge in [0.25, 0.3) is 0 Å². The van der Waals surface area contributed by atoms with Crippen LogP contribution in [0.25, 0.3) is 5.57 Å². The molecule has 0 fully saturated rings. The van der Waals surface area contributed by atoms with E-state index in [0.29, 0.717) is 6.54 Å². The highest BCUT2D eigenvalue weighted by molar-refractivity contribution is 5.92. The van der Waals surface area contributed by atoms with Gasteiger partial charge in [-0.2, -0.15) is 0 Å². The third-order valence-electron chi connectivity index (χ3n) is 4.10. The molecule has 4 nitrogen and oxygen atoms in total. The van der Waals surface area contributed by atoms with Crippen molar-refractivity contribution in [1.29, 1.82) is 0 Å². The molecule has 25 heavy (non-hydrogen) atoms. The van der Waals surface area contributed by atoms with Crippen LogP contribution in [-0.2, 0) is 4.79 Å². The van der Waals surface area contributed by atoms with Crippen LogP contribution in [-0.4, -0.2) is 35.5 Å². The number of phenols is 1. The van der Waals surface area contributed by atoms with Gasteiger partial charge in [0.05, 0.1) is 6.54 Å². The molecule has 6 heteroatoms. The van der Waals surface area contributed by atoms with E-state index in [1.165, 1.54) is 11.6 Å². The fourth-order valence-electron chi connectivity index (χ4n) is 2.77. The van der Waals surface area contributed by atoms with Gasteiger partial charge in [0.15, 0.2) is 11.6 Å². The lowest BCUT2D eigenvalue weighted by molar-refractivity contribution is -0.117. The van der Waals surface area contributed by atoms with Crippen LogP contribution in [0.3, 0.4) is 0 Å². The lowest BCUT2D eigenvalue weighted by Gasteiger charge is -2.26. The summed E-state index contributed by atoms with van der Waals surface area (Å²) in [6.45, 7) is 1.53. The zero-order valence-corrected chi connectivity index (χ0v) is 13.5. The summed E-state index contributed by atoms with van der Waals surface area (Å²) >= 11 is 0. The molecule has 0 spiro atoms. The lowest BCUT2D eigenvalue weighted by atomic mass is 9.99. The molecule has 0 radical (unpaired) electrons. The first-order chi connectivity index (χ1) is 12.0. The van der Waals surface area contributed by atoms with Crippen LogP contribution < -0.4 is 5.32 Å². The van der Waals surface area contributed by atoms with Gasteiger partial charge in [0.1, 0.15) is 5.75 Å². The van der Waals surface area contributed by atoms with Crippen molar-refractivity contribution >= 4 is 17.2 Å². The maximum atomic E-state index is 13.2. The second-order valence-electron chi connectivity index (χ2n) is 5.94. The maximum absolute atomic E-state index is 13.2. The first kappa shape index (κ1) is 17.1. The summed E-state index contributed by atoms with van der Waals surface area (Å²) in [6.07, 6.45) is 2.85. The van der Waals surface area contributed by atoms with Crippen LogP contribution in [0.1, 0.15) is 12.0 Å². The Bertz CT molecular complexity index is 804. The Labute approximate surface area is 144 Å². The number of amides is 1. The SMILES string of the molecule is O=C(CN1CC=C(c2ccc(O)cc2)CC1)Nc1ccc(F)c(F)c1. The van der Waals surface area contributed by atoms with Gasteiger partial charge < -0.3 is 10.4 Å². The van der Waals surface area contributed by atoms with E-state index in [9.17, 15) is 18.7 Å². The fourth-order valence-corrected chi connectivity index (χ4v) is 2.77. The molecule has 2 aromatic carbocycles. The summed E-state index contributed by atoms with van der Waals surface area (Å²) in [4.78, 5) is 14.0. The zero-order chi connectivity index (χ0) is 17.8. The molecule has 0 aliphatic carbocycles. The Morgan fingerprint density at radius 1 is 1.12 bits per heavy atom. The molecular weight excluding hydrogens is 326 g/mol. The third kappa shape index (κ3) is 4.42. The smallest absolute Gasteiger partial charge is 0.238 e. The van der Waals surface area contributed by atoms with Crippen LogP contribution in [0.15, 0.2) is 48.5 Å². The van der Waals surface area contributed by atoms with Crippen molar-refractivity contribution in [3.05, 3.63) is 65.7 Å². The summed E-state index contributed by atoms with van der Waals surface area (Å²) in [7, 11) is 0. The average molecular weight is 344 g/mol. The number of halogens is 2. The molecule has 0 saturated carbocycles. The van der Waals surface area contributed by atoms with Crippen molar-refractivity contribution in [3.63, 3.8) is 0 Å². The zero-order valence-electron chi connectivity index (χ0n) is 13.5. The second kappa shape index (κ2) is 7.44. The summed E-state index contributed by atoms with van der Waals surface area (Å²) in [6, 6.07) is 10.3. The standard InChI is InChI=1S/C19H18F2N2O2/c20-17-6-3-15(11-18(17)21)22-19(25)12-23-9-7-14(8-10-23)13-1-4-16(24)5-2-13/h1-7,11,24H,8-10,12H2,(H,22,25). The van der Waals surface area contributed by atoms with E-state index >= 15 is 0 Å². The number of nitrogens with zero attached hydrogens (tertiary/aromatic N) is 1. The predicted octanol–water partition coefficient (Wildman–Crippen LogP) is 3.40. The number of rotatable bonds is 4. The van der Waals surface area contributed by atoms with Gasteiger partial charge in [-0.1, -0.05) is 18.2 Å². The van der Waals surface area contributed by atoms with Crippen molar-refractivity contribution in [1.82, 2.24) is 4.90 Å². The van der Waals surface area contributed by atoms with Crippen molar-refractivity contribution in [2.45, 2.75) is 6.42 Å². The van der Waals surface area contributed by atoms with Gasteiger partial charge in [-0.25, -0.2) is 8.78 Å². The molecule has 1 amide bonds. The van der Waals surface area contributed by atoms with Gasteiger partial charge in [0.2, 0.25) is 5.91 Å². The first-order valence-electron chi connectivity index (χ1n) is 7.97. The van der Waals surface area contributed by atoms with E-state index in [1.807, 2.05) is 17.0 Å². The minimum atomic E-state index is -0.989. The number of carbonyl (C=O) groups excluding carboxylic acids is 1. The lowest BCUT2D eigenvalue weighted by Crippen LogP contribution is -2.36. The van der Waals surface area contributed by atoms with Gasteiger partial charge in [0, 0.05) is 24.8 Å². The topological polar surface area (TPSA) is 52.6 Å². The number of aromatic hydroxyl groups is 1. The molecule has 1 aliphatic heterocycles. The summed E-state index contributed by atoms with van der Waals surface area (Å²) in [5.74, 6) is -1.97. The number of hydrogen-bond donors (Lipinski definition) is 2. The van der Waals surface area contributed by atoms with Gasteiger partial charge in [-0.05, 0) is 41.8 Å². The number of phenolic OH excluding ortho intramolecular Hbond substituents is 1. The van der Waals surface area contributed by atoms with Gasteiger partial charge in [-0.15, -0.1) is 0 Å². The molecule has 1 aliphatic rings. The van der Waals surface area contributed by atoms with Crippen LogP contribution >= 0.6 is 0 Å². The van der Waals surface area contributed by atoms with Gasteiger partial charge in [-0.3, -0.25) is 9.69 Å². The van der Waals surface area contributed by atoms with Crippen molar-refractivity contribution < 1.29 is 18.7 Å². The van der Waals surface area contributed by atoms with E-state index in [-0.39, 0.29) is 23.9 Å². The fraction of sp³-hybridized carbons (Fsp3) is 0.211. The Morgan fingerprint density at radius 2 is 1.88 bits per heavy atom. The van der Waals surface area contributed by atoms with Crippen molar-refractivity contribution in [3.8, 4) is 5.75 Å². The largest absolute Gasteiger partial charge is 0.508 e. The van der Waals surface area contributed by atoms with E-state index < -0.39 is 11.6 Å². The Hall–Kier alpha value is -2.73. The average Bonchev–Trinajstić information content (AvgIpc) is 2.60. The quantitative estimate of drug-likeness (QED) is 0.894. The van der Waals surface area contributed by atoms with Gasteiger partial charge >= 0.3 is 0 Å². The number of hydrogen-bond acceptors (Lipinski definition) is 3. The molecule has 0 atom stereocenters. The van der Waals surface area contributed by atoms with Crippen LogP contribution in [0.4, 0.5) is 14.5 Å². The molecule has 3 rings (SSSR count). The predicted molar refractivity (Wildman–Crippen MR) is 92.1 cm³/mol. The molecule has 2 aromatic rings. The number of nitrogens with one attached hydrogen (secondary N) is 1. The highest BCUT2D eigenvalue weighted by Gasteiger charge is 2.16.